The highest BCUT2D eigenvalue weighted by Crippen LogP contribution is 2.31. The van der Waals surface area contributed by atoms with Crippen molar-refractivity contribution in [3.63, 3.8) is 0 Å². The fraction of sp³-hybridized carbons (Fsp3) is 0.250. The van der Waals surface area contributed by atoms with Crippen molar-refractivity contribution < 1.29 is 18.4 Å². The third kappa shape index (κ3) is 2.54. The van der Waals surface area contributed by atoms with Gasteiger partial charge in [0.15, 0.2) is 5.54 Å². The Labute approximate surface area is 154 Å². The molecule has 4 rings (SSSR count). The lowest BCUT2D eigenvalue weighted by molar-refractivity contribution is -0.132. The highest BCUT2D eigenvalue weighted by Gasteiger charge is 2.51. The van der Waals surface area contributed by atoms with Crippen molar-refractivity contribution >= 4 is 22.9 Å². The van der Waals surface area contributed by atoms with Crippen LogP contribution in [0.2, 0.25) is 0 Å². The number of rotatable bonds is 3. The lowest BCUT2D eigenvalue weighted by atomic mass is 9.99. The van der Waals surface area contributed by atoms with Crippen molar-refractivity contribution in [2.24, 2.45) is 0 Å². The maximum atomic E-state index is 13.0. The van der Waals surface area contributed by atoms with Crippen LogP contribution < -0.4 is 10.9 Å². The summed E-state index contributed by atoms with van der Waals surface area (Å²) in [6.07, 6.45) is 1.45. The molecule has 1 N–H and O–H groups in total. The average Bonchev–Trinajstić information content (AvgIpc) is 3.23. The summed E-state index contributed by atoms with van der Waals surface area (Å²) in [4.78, 5) is 38.6. The minimum absolute atomic E-state index is 0.0361. The minimum Gasteiger partial charge on any atom is -0.466 e. The first-order chi connectivity index (χ1) is 12.8. The van der Waals surface area contributed by atoms with E-state index in [4.69, 9.17) is 8.83 Å². The predicted octanol–water partition coefficient (Wildman–Crippen LogP) is 2.97. The summed E-state index contributed by atoms with van der Waals surface area (Å²) in [5, 5.41) is 3.38. The number of benzene rings is 1. The second kappa shape index (κ2) is 5.84. The van der Waals surface area contributed by atoms with Crippen LogP contribution in [0, 0.1) is 13.8 Å². The first-order valence-corrected chi connectivity index (χ1v) is 8.52. The van der Waals surface area contributed by atoms with Crippen LogP contribution in [0.5, 0.6) is 0 Å². The van der Waals surface area contributed by atoms with E-state index in [1.807, 2.05) is 26.0 Å². The van der Waals surface area contributed by atoms with E-state index < -0.39 is 23.1 Å². The van der Waals surface area contributed by atoms with Crippen LogP contribution in [0.15, 0.2) is 50.2 Å². The highest BCUT2D eigenvalue weighted by molar-refractivity contribution is 6.07. The fourth-order valence-electron chi connectivity index (χ4n) is 3.40. The van der Waals surface area contributed by atoms with Crippen molar-refractivity contribution in [2.45, 2.75) is 32.9 Å². The molecule has 0 radical (unpaired) electrons. The van der Waals surface area contributed by atoms with Gasteiger partial charge >= 0.3 is 11.7 Å². The van der Waals surface area contributed by atoms with Gasteiger partial charge in [-0.3, -0.25) is 9.69 Å². The Kier molecular flexibility index (Phi) is 3.69. The Morgan fingerprint density at radius 2 is 1.93 bits per heavy atom. The Balaban J connectivity index is 1.77. The number of carbonyl (C=O) groups excluding carboxylic acids is 2. The molecule has 0 aliphatic carbocycles. The van der Waals surface area contributed by atoms with E-state index in [0.717, 1.165) is 16.0 Å². The normalized spacial score (nSPS) is 19.7. The van der Waals surface area contributed by atoms with E-state index in [0.29, 0.717) is 22.3 Å². The fourth-order valence-corrected chi connectivity index (χ4v) is 3.40. The molecule has 0 unspecified atom stereocenters. The zero-order valence-corrected chi connectivity index (χ0v) is 15.2. The maximum Gasteiger partial charge on any atom is 0.336 e. The molecule has 1 aromatic carbocycles. The molecular weight excluding hydrogens is 348 g/mol. The van der Waals surface area contributed by atoms with Gasteiger partial charge in [-0.25, -0.2) is 9.59 Å². The molecule has 2 aromatic heterocycles. The van der Waals surface area contributed by atoms with E-state index in [2.05, 4.69) is 5.32 Å². The van der Waals surface area contributed by atoms with Crippen LogP contribution in [0.25, 0.3) is 11.0 Å². The van der Waals surface area contributed by atoms with E-state index in [-0.39, 0.29) is 6.54 Å². The zero-order chi connectivity index (χ0) is 19.3. The van der Waals surface area contributed by atoms with Gasteiger partial charge in [0.25, 0.3) is 5.91 Å². The van der Waals surface area contributed by atoms with Crippen LogP contribution in [-0.4, -0.2) is 16.8 Å². The van der Waals surface area contributed by atoms with Crippen LogP contribution in [-0.2, 0) is 16.9 Å². The summed E-state index contributed by atoms with van der Waals surface area (Å²) in [7, 11) is 0. The Hall–Kier alpha value is -3.35. The number of amides is 3. The number of fused-ring (bicyclic) bond motifs is 1. The predicted molar refractivity (Wildman–Crippen MR) is 97.1 cm³/mol. The number of urea groups is 1. The smallest absolute Gasteiger partial charge is 0.336 e. The van der Waals surface area contributed by atoms with Gasteiger partial charge in [-0.15, -0.1) is 0 Å². The first-order valence-electron chi connectivity index (χ1n) is 8.52. The molecule has 3 amide bonds. The van der Waals surface area contributed by atoms with Gasteiger partial charge in [0.05, 0.1) is 12.8 Å². The molecular formula is C20H18N2O5. The number of furan rings is 1. The summed E-state index contributed by atoms with van der Waals surface area (Å²) in [6, 6.07) is 7.83. The molecule has 1 aliphatic heterocycles. The molecule has 7 nitrogen and oxygen atoms in total. The van der Waals surface area contributed by atoms with Crippen molar-refractivity contribution in [1.82, 2.24) is 10.2 Å². The highest BCUT2D eigenvalue weighted by atomic mass is 16.4. The van der Waals surface area contributed by atoms with Gasteiger partial charge in [0.2, 0.25) is 0 Å². The number of aryl methyl sites for hydroxylation is 2. The van der Waals surface area contributed by atoms with E-state index in [1.54, 1.807) is 19.1 Å². The van der Waals surface area contributed by atoms with Gasteiger partial charge in [-0.05, 0) is 49.6 Å². The third-order valence-corrected chi connectivity index (χ3v) is 5.13. The largest absolute Gasteiger partial charge is 0.466 e. The van der Waals surface area contributed by atoms with Crippen molar-refractivity contribution in [3.8, 4) is 0 Å². The van der Waals surface area contributed by atoms with Crippen molar-refractivity contribution in [2.75, 3.05) is 0 Å². The molecule has 1 aliphatic rings. The molecule has 3 heterocycles. The summed E-state index contributed by atoms with van der Waals surface area (Å²) in [6.45, 7) is 5.35. The Morgan fingerprint density at radius 1 is 1.15 bits per heavy atom. The monoisotopic (exact) mass is 366 g/mol. The Bertz CT molecular complexity index is 1130. The summed E-state index contributed by atoms with van der Waals surface area (Å²) >= 11 is 0. The Morgan fingerprint density at radius 3 is 2.63 bits per heavy atom. The molecule has 0 bridgehead atoms. The summed E-state index contributed by atoms with van der Waals surface area (Å²) in [5.74, 6) is -0.0834. The standard InChI is InChI=1S/C20H18N2O5/c1-11-6-7-14-13(9-16(23)27-17(14)12(11)2)10-22-18(24)20(3,21-19(22)25)15-5-4-8-26-15/h4-9H,10H2,1-3H3,(H,21,25)/t20-/m0/s1. The van der Waals surface area contributed by atoms with E-state index in [9.17, 15) is 14.4 Å². The number of hydrogen-bond donors (Lipinski definition) is 1. The van der Waals surface area contributed by atoms with Gasteiger partial charge in [0, 0.05) is 11.5 Å². The number of carbonyl (C=O) groups is 2. The number of imide groups is 1. The molecule has 3 aromatic rings. The average molecular weight is 366 g/mol. The number of nitrogens with zero attached hydrogens (tertiary/aromatic N) is 1. The van der Waals surface area contributed by atoms with Gasteiger partial charge in [-0.2, -0.15) is 0 Å². The van der Waals surface area contributed by atoms with E-state index in [1.165, 1.54) is 12.3 Å². The van der Waals surface area contributed by atoms with Crippen molar-refractivity contribution in [1.29, 1.82) is 0 Å². The molecule has 1 atom stereocenters. The third-order valence-electron chi connectivity index (χ3n) is 5.13. The van der Waals surface area contributed by atoms with Crippen LogP contribution in [0.4, 0.5) is 4.79 Å². The lowest BCUT2D eigenvalue weighted by Gasteiger charge is -2.19. The molecule has 1 saturated heterocycles. The SMILES string of the molecule is Cc1ccc2c(CN3C(=O)N[C@@](C)(c4ccco4)C3=O)cc(=O)oc2c1C. The van der Waals surface area contributed by atoms with Gasteiger partial charge < -0.3 is 14.2 Å². The topological polar surface area (TPSA) is 92.8 Å². The quantitative estimate of drug-likeness (QED) is 0.568. The summed E-state index contributed by atoms with van der Waals surface area (Å²) < 4.78 is 10.7. The van der Waals surface area contributed by atoms with Crippen LogP contribution >= 0.6 is 0 Å². The summed E-state index contributed by atoms with van der Waals surface area (Å²) in [5.41, 5.74) is 1.07. The number of hydrogen-bond acceptors (Lipinski definition) is 5. The molecule has 0 saturated carbocycles. The molecule has 0 spiro atoms. The van der Waals surface area contributed by atoms with Gasteiger partial charge in [0.1, 0.15) is 11.3 Å². The maximum absolute atomic E-state index is 13.0. The van der Waals surface area contributed by atoms with E-state index >= 15 is 0 Å². The van der Waals surface area contributed by atoms with Crippen LogP contribution in [0.1, 0.15) is 29.4 Å². The van der Waals surface area contributed by atoms with Crippen LogP contribution in [0.3, 0.4) is 0 Å². The molecule has 138 valence electrons. The first kappa shape index (κ1) is 17.1. The molecule has 1 fully saturated rings. The molecule has 7 heteroatoms. The van der Waals surface area contributed by atoms with Crippen molar-refractivity contribution in [3.05, 3.63) is 69.5 Å². The second-order valence-electron chi connectivity index (χ2n) is 6.90. The van der Waals surface area contributed by atoms with Gasteiger partial charge in [-0.1, -0.05) is 12.1 Å². The lowest BCUT2D eigenvalue weighted by Crippen LogP contribution is -2.40. The minimum atomic E-state index is -1.28. The zero-order valence-electron chi connectivity index (χ0n) is 15.2. The molecule has 27 heavy (non-hydrogen) atoms. The second-order valence-corrected chi connectivity index (χ2v) is 6.90. The number of nitrogens with one attached hydrogen (secondary N) is 1.